The van der Waals surface area contributed by atoms with Crippen LogP contribution < -0.4 is 96.4 Å². The van der Waals surface area contributed by atoms with Crippen LogP contribution in [-0.2, 0) is 40.7 Å². The van der Waals surface area contributed by atoms with E-state index in [4.69, 9.17) is 95.1 Å². The van der Waals surface area contributed by atoms with E-state index in [1.54, 1.807) is 88.1 Å². The Kier molecular flexibility index (Phi) is 41.0. The molecule has 0 saturated heterocycles. The average Bonchev–Trinajstić information content (AvgIpc) is 0.774. The molecule has 0 radical (unpaired) electrons. The predicted octanol–water partition coefficient (Wildman–Crippen LogP) is 16.1. The maximum atomic E-state index is 13.5. The van der Waals surface area contributed by atoms with Crippen molar-refractivity contribution in [2.75, 3.05) is 45.1 Å². The fourth-order valence-electron chi connectivity index (χ4n) is 12.7. The Morgan fingerprint density at radius 2 is 0.677 bits per heavy atom. The molecule has 16 rings (SSSR count). The van der Waals surface area contributed by atoms with Crippen molar-refractivity contribution in [2.24, 2.45) is 5.73 Å². The summed E-state index contributed by atoms with van der Waals surface area (Å²) in [7, 11) is 0. The quantitative estimate of drug-likeness (QED) is 0.0217. The van der Waals surface area contributed by atoms with Crippen LogP contribution in [0.5, 0.6) is 0 Å². The SMILES string of the molecule is CCC.C[C@H](N)c1nc2cccc(Cl)c2c(=O)n1-c1ccccc1.C[C@H](Nc1nc(N)ncc1I)c1cc2cccc(Cl)c2c(=O)n1-c1ccccc1.C[S-].Cc1cnc(N)nc1N[C@@H](C)c1cc2cccc(Cl)c2c(=O)n1-c1ccccc1.Cc1cnc(N)nc1N[C@@H](C)c1cc2cccc(Cl)c2c(=O)n1-c1ccccc1.Nc1ncc(I)c(Cl)n1.O=S=O.[Na+].[Ni]. The van der Waals surface area contributed by atoms with Crippen molar-refractivity contribution in [3.05, 3.63) is 345 Å². The first-order valence-corrected chi connectivity index (χ1v) is 43.7. The second kappa shape index (κ2) is 50.1. The van der Waals surface area contributed by atoms with E-state index in [1.807, 2.05) is 233 Å². The van der Waals surface area contributed by atoms with Gasteiger partial charge < -0.3 is 57.2 Å². The van der Waals surface area contributed by atoms with Crippen LogP contribution in [-0.4, -0.2) is 77.8 Å². The summed E-state index contributed by atoms with van der Waals surface area (Å²) in [6.07, 6.45) is 9.40. The fraction of sp³-hybridized carbons (Fsp3) is 0.157. The number of nitrogens with zero attached hydrogens (tertiary/aromatic N) is 13. The first-order valence-electron chi connectivity index (χ1n) is 38.2. The van der Waals surface area contributed by atoms with E-state index in [2.05, 4.69) is 110 Å². The van der Waals surface area contributed by atoms with Gasteiger partial charge in [-0.25, -0.2) is 29.9 Å². The van der Waals surface area contributed by atoms with Gasteiger partial charge >= 0.3 is 41.1 Å². The van der Waals surface area contributed by atoms with Gasteiger partial charge in [-0.1, -0.05) is 194 Å². The van der Waals surface area contributed by atoms with Gasteiger partial charge in [0.25, 0.3) is 22.2 Å². The molecule has 13 N–H and O–H groups in total. The van der Waals surface area contributed by atoms with Gasteiger partial charge in [0, 0.05) is 86.5 Å². The van der Waals surface area contributed by atoms with Gasteiger partial charge in [-0.2, -0.15) is 29.6 Å². The van der Waals surface area contributed by atoms with Crippen LogP contribution in [0.25, 0.3) is 66.0 Å². The number of nitrogens with two attached hydrogens (primary N) is 5. The minimum atomic E-state index is -0.750. The number of halogens is 7. The Morgan fingerprint density at radius 1 is 0.402 bits per heavy atom. The standard InChI is InChI=1S/2C22H20ClN5O.C21H17ClIN5O.C16H14ClN3O.C4H3ClIN3.C3H8.CH4S.Na.Ni.O2S/c2*1-13-12-25-22(24)27-20(13)26-14(2)18-11-15-7-6-10-17(23)19(15)21(29)28(18)16-8-4-3-5-9-16;1-12(26-19-16(23)11-25-21(24)27-19)17-10-13-6-5-9-15(22)18(13)20(29)28(17)14-7-3-2-4-8-14;1-10(18)15-19-13-9-5-8-12(17)14(13)16(21)20(15)11-6-3-2-4-7-11;5-3-2(6)1-8-4(7)9-3;1-3-2;1-2;;;1-3-2/h2*3-12,14H,1-2H3,(H3,24,25,26,27);2-12H,1H3,(H3,24,25,26,27);2-10H,18H2,1H3;1H,(H2,7,8,9);3H2,1-2H3;2H,1H3;;;/q;;;;;;;+1;;/p-1/t2*14-;12-;10-;;;;;;/m0000....../s1. The van der Waals surface area contributed by atoms with Gasteiger partial charge in [0.15, 0.2) is 0 Å². The van der Waals surface area contributed by atoms with Gasteiger partial charge in [-0.15, -0.1) is 0 Å². The molecule has 0 aliphatic rings. The molecule has 27 nitrogen and oxygen atoms in total. The number of aryl methyl sites for hydroxylation is 2. The van der Waals surface area contributed by atoms with E-state index < -0.39 is 11.6 Å². The molecular formula is C89H85Cl5I2N21NaNiO6S2. The van der Waals surface area contributed by atoms with Crippen LogP contribution >= 0.6 is 103 Å². The third kappa shape index (κ3) is 26.6. The molecule has 0 bridgehead atoms. The molecule has 38 heteroatoms. The summed E-state index contributed by atoms with van der Waals surface area (Å²) in [5, 5.41) is 16.4. The van der Waals surface area contributed by atoms with Crippen molar-refractivity contribution in [2.45, 2.75) is 86.0 Å². The van der Waals surface area contributed by atoms with Crippen molar-refractivity contribution in [1.29, 1.82) is 0 Å². The first-order chi connectivity index (χ1) is 60.0. The molecule has 0 amide bonds. The Balaban J connectivity index is 0.000000218. The fourth-order valence-corrected chi connectivity index (χ4v) is 14.6. The van der Waals surface area contributed by atoms with Crippen LogP contribution in [0.3, 0.4) is 0 Å². The topological polar surface area (TPSA) is 404 Å². The number of pyridine rings is 3. The summed E-state index contributed by atoms with van der Waals surface area (Å²) >= 11 is 38.3. The summed E-state index contributed by atoms with van der Waals surface area (Å²) in [5.41, 5.74) is 35.4. The number of para-hydroxylation sites is 4. The average molecular weight is 2120 g/mol. The summed E-state index contributed by atoms with van der Waals surface area (Å²) in [6, 6.07) is 64.3. The summed E-state index contributed by atoms with van der Waals surface area (Å²) < 4.78 is 24.8. The number of nitrogens with one attached hydrogen (secondary N) is 3. The monoisotopic (exact) mass is 2120 g/mol. The van der Waals surface area contributed by atoms with Crippen molar-refractivity contribution in [3.8, 4) is 22.7 Å². The van der Waals surface area contributed by atoms with E-state index in [0.717, 1.165) is 74.3 Å². The Bertz CT molecular complexity index is 6300. The summed E-state index contributed by atoms with van der Waals surface area (Å²) in [4.78, 5) is 90.0. The van der Waals surface area contributed by atoms with Crippen molar-refractivity contribution < 1.29 is 54.5 Å². The molecule has 0 aliphatic carbocycles. The molecule has 0 saturated carbocycles. The summed E-state index contributed by atoms with van der Waals surface area (Å²) in [6.45, 7) is 15.8. The van der Waals surface area contributed by atoms with E-state index >= 15 is 0 Å². The number of nitrogen functional groups attached to an aromatic ring is 4. The second-order valence-corrected chi connectivity index (χ2v) is 31.7. The van der Waals surface area contributed by atoms with Gasteiger partial charge in [-0.05, 0) is 200 Å². The normalized spacial score (nSPS) is 11.3. The zero-order valence-electron chi connectivity index (χ0n) is 70.0. The van der Waals surface area contributed by atoms with Gasteiger partial charge in [-0.3, -0.25) is 37.4 Å². The molecule has 8 heterocycles. The van der Waals surface area contributed by atoms with Crippen molar-refractivity contribution >= 4 is 212 Å². The molecule has 0 aliphatic heterocycles. The Hall–Kier alpha value is -10.0. The molecule has 654 valence electrons. The van der Waals surface area contributed by atoms with E-state index in [1.165, 1.54) is 11.0 Å². The van der Waals surface area contributed by atoms with E-state index in [0.29, 0.717) is 75.6 Å². The third-order valence-corrected chi connectivity index (χ3v) is 21.7. The second-order valence-electron chi connectivity index (χ2n) is 27.3. The minimum Gasteiger partial charge on any atom is -0.796 e. The Morgan fingerprint density at radius 3 is 1.00 bits per heavy atom. The zero-order valence-corrected chi connectivity index (χ0v) is 82.7. The molecule has 0 fully saturated rings. The van der Waals surface area contributed by atoms with Gasteiger partial charge in [0.05, 0.1) is 84.1 Å². The van der Waals surface area contributed by atoms with Crippen LogP contribution in [0, 0.1) is 21.0 Å². The largest absolute Gasteiger partial charge is 1.00 e. The number of hydrogen-bond donors (Lipinski definition) is 8. The van der Waals surface area contributed by atoms with Gasteiger partial charge in [0.2, 0.25) is 23.8 Å². The number of fused-ring (bicyclic) bond motifs is 4. The van der Waals surface area contributed by atoms with E-state index in [9.17, 15) is 19.2 Å². The number of aromatic nitrogens is 13. The molecule has 4 atom stereocenters. The Labute approximate surface area is 825 Å². The molecule has 16 aromatic rings. The molecule has 8 aromatic carbocycles. The third-order valence-electron chi connectivity index (χ3n) is 18.3. The van der Waals surface area contributed by atoms with Crippen molar-refractivity contribution in [1.82, 2.24) is 63.1 Å². The van der Waals surface area contributed by atoms with E-state index in [-0.39, 0.29) is 116 Å². The van der Waals surface area contributed by atoms with Crippen molar-refractivity contribution in [3.63, 3.8) is 0 Å². The van der Waals surface area contributed by atoms with Crippen LogP contribution in [0.4, 0.5) is 41.2 Å². The van der Waals surface area contributed by atoms with Gasteiger partial charge in [0.1, 0.15) is 28.4 Å². The summed E-state index contributed by atoms with van der Waals surface area (Å²) in [5.74, 6) is 3.16. The molecule has 0 spiro atoms. The van der Waals surface area contributed by atoms with Crippen LogP contribution in [0.1, 0.15) is 106 Å². The van der Waals surface area contributed by atoms with Crippen LogP contribution in [0.2, 0.25) is 25.2 Å². The maximum Gasteiger partial charge on any atom is 1.00 e. The number of benzene rings is 8. The minimum absolute atomic E-state index is 0. The maximum absolute atomic E-state index is 13.5. The number of hydrogen-bond acceptors (Lipinski definition) is 24. The molecule has 8 aromatic heterocycles. The molecular weight excluding hydrogens is 2040 g/mol. The van der Waals surface area contributed by atoms with Crippen LogP contribution in [0.15, 0.2) is 256 Å². The number of anilines is 7. The predicted molar refractivity (Wildman–Crippen MR) is 529 cm³/mol. The molecule has 127 heavy (non-hydrogen) atoms. The molecule has 0 unspecified atom stereocenters. The number of rotatable bonds is 14. The first kappa shape index (κ1) is 104. The zero-order chi connectivity index (χ0) is 90.9. The smallest absolute Gasteiger partial charge is 0.796 e.